The third-order valence-electron chi connectivity index (χ3n) is 4.59. The second kappa shape index (κ2) is 8.43. The zero-order valence-corrected chi connectivity index (χ0v) is 18.4. The van der Waals surface area contributed by atoms with Crippen LogP contribution >= 0.6 is 46.3 Å². The molecule has 0 bridgehead atoms. The third kappa shape index (κ3) is 3.86. The molecule has 0 atom stereocenters. The maximum Gasteiger partial charge on any atom is 0.346 e. The number of carboxylic acids is 1. The first-order chi connectivity index (χ1) is 14.4. The van der Waals surface area contributed by atoms with E-state index in [1.54, 1.807) is 41.8 Å². The molecule has 1 N–H and O–H groups in total. The molecule has 30 heavy (non-hydrogen) atoms. The molecular weight excluding hydrogens is 465 g/mol. The lowest BCUT2D eigenvalue weighted by Gasteiger charge is -2.26. The molecule has 2 aromatic carbocycles. The van der Waals surface area contributed by atoms with Crippen LogP contribution in [-0.4, -0.2) is 22.9 Å². The number of amides is 2. The molecule has 3 aromatic rings. The number of benzene rings is 2. The zero-order valence-electron chi connectivity index (χ0n) is 15.2. The summed E-state index contributed by atoms with van der Waals surface area (Å²) in [5, 5.41) is 12.1. The average Bonchev–Trinajstić information content (AvgIpc) is 3.12. The second-order valence-corrected chi connectivity index (χ2v) is 9.21. The molecule has 2 heterocycles. The predicted octanol–water partition coefficient (Wildman–Crippen LogP) is 5.77. The van der Waals surface area contributed by atoms with Crippen LogP contribution in [0.4, 0.5) is 5.69 Å². The maximum absolute atomic E-state index is 13.0. The molecule has 1 aliphatic rings. The topological polar surface area (TPSA) is 74.7 Å². The van der Waals surface area contributed by atoms with Crippen LogP contribution in [0.2, 0.25) is 10.0 Å². The van der Waals surface area contributed by atoms with Crippen molar-refractivity contribution < 1.29 is 19.5 Å². The van der Waals surface area contributed by atoms with Crippen molar-refractivity contribution in [2.75, 3.05) is 4.90 Å². The highest BCUT2D eigenvalue weighted by Gasteiger charge is 2.36. The summed E-state index contributed by atoms with van der Waals surface area (Å²) >= 11 is 14.9. The van der Waals surface area contributed by atoms with Gasteiger partial charge < -0.3 is 5.11 Å². The molecule has 0 aliphatic carbocycles. The van der Waals surface area contributed by atoms with Crippen molar-refractivity contribution in [3.8, 4) is 0 Å². The number of anilines is 1. The summed E-state index contributed by atoms with van der Waals surface area (Å²) in [6.07, 6.45) is -0.0164. The van der Waals surface area contributed by atoms with E-state index in [4.69, 9.17) is 23.2 Å². The van der Waals surface area contributed by atoms with E-state index >= 15 is 0 Å². The number of carbonyl (C=O) groups excluding carboxylic acids is 2. The molecule has 2 amide bonds. The molecule has 0 fully saturated rings. The van der Waals surface area contributed by atoms with Gasteiger partial charge in [0.25, 0.3) is 5.91 Å². The number of fused-ring (bicyclic) bond motifs is 1. The maximum atomic E-state index is 13.0. The van der Waals surface area contributed by atoms with Crippen molar-refractivity contribution >= 4 is 69.8 Å². The summed E-state index contributed by atoms with van der Waals surface area (Å²) < 4.78 is 0. The van der Waals surface area contributed by atoms with Gasteiger partial charge in [0.1, 0.15) is 4.88 Å². The van der Waals surface area contributed by atoms with Gasteiger partial charge in [-0.05, 0) is 46.8 Å². The Morgan fingerprint density at radius 1 is 1.13 bits per heavy atom. The number of thioether (sulfide) groups is 1. The van der Waals surface area contributed by atoms with Crippen LogP contribution in [0.5, 0.6) is 0 Å². The number of imide groups is 1. The monoisotopic (exact) mass is 477 g/mol. The first-order valence-electron chi connectivity index (χ1n) is 8.73. The molecular formula is C21H13Cl2NO4S2. The molecule has 0 saturated carbocycles. The largest absolute Gasteiger partial charge is 0.477 e. The molecule has 4 rings (SSSR count). The van der Waals surface area contributed by atoms with E-state index in [2.05, 4.69) is 0 Å². The van der Waals surface area contributed by atoms with Gasteiger partial charge in [0.05, 0.1) is 17.7 Å². The third-order valence-corrected chi connectivity index (χ3v) is 7.34. The molecule has 1 aromatic heterocycles. The molecule has 9 heteroatoms. The minimum absolute atomic E-state index is 0.0164. The van der Waals surface area contributed by atoms with E-state index in [-0.39, 0.29) is 16.9 Å². The molecule has 1 aliphatic heterocycles. The van der Waals surface area contributed by atoms with Crippen LogP contribution < -0.4 is 4.90 Å². The van der Waals surface area contributed by atoms with Crippen LogP contribution in [0.3, 0.4) is 0 Å². The molecule has 0 radical (unpaired) electrons. The Morgan fingerprint density at radius 3 is 2.53 bits per heavy atom. The van der Waals surface area contributed by atoms with E-state index < -0.39 is 17.8 Å². The highest BCUT2D eigenvalue weighted by Crippen LogP contribution is 2.35. The number of carbonyl (C=O) groups is 3. The van der Waals surface area contributed by atoms with Gasteiger partial charge in [-0.25, -0.2) is 9.69 Å². The minimum Gasteiger partial charge on any atom is -0.477 e. The SMILES string of the molecule is O=C(O)c1scc2c1C(=O)N(c1cccc(SCc3c(Cl)cccc3Cl)c1)C(=O)C2. The number of carboxylic acid groups (broad SMARTS) is 1. The zero-order chi connectivity index (χ0) is 21.4. The lowest BCUT2D eigenvalue weighted by Crippen LogP contribution is -2.42. The Labute approximate surface area is 190 Å². The number of rotatable bonds is 5. The first-order valence-corrected chi connectivity index (χ1v) is 11.4. The predicted molar refractivity (Wildman–Crippen MR) is 119 cm³/mol. The Morgan fingerprint density at radius 2 is 1.83 bits per heavy atom. The van der Waals surface area contributed by atoms with Crippen molar-refractivity contribution in [3.05, 3.63) is 79.5 Å². The van der Waals surface area contributed by atoms with Gasteiger partial charge in [-0.1, -0.05) is 35.3 Å². The van der Waals surface area contributed by atoms with Gasteiger partial charge in [-0.3, -0.25) is 9.59 Å². The first kappa shape index (κ1) is 20.9. The Hall–Kier alpha value is -2.32. The number of aromatic carboxylic acids is 1. The van der Waals surface area contributed by atoms with Crippen molar-refractivity contribution in [2.45, 2.75) is 17.1 Å². The van der Waals surface area contributed by atoms with Gasteiger partial charge in [0.15, 0.2) is 0 Å². The van der Waals surface area contributed by atoms with Crippen molar-refractivity contribution in [2.24, 2.45) is 0 Å². The van der Waals surface area contributed by atoms with Crippen molar-refractivity contribution in [1.82, 2.24) is 0 Å². The lowest BCUT2D eigenvalue weighted by molar-refractivity contribution is -0.117. The van der Waals surface area contributed by atoms with Crippen LogP contribution in [0.15, 0.2) is 52.7 Å². The smallest absolute Gasteiger partial charge is 0.346 e. The fourth-order valence-electron chi connectivity index (χ4n) is 3.18. The quantitative estimate of drug-likeness (QED) is 0.372. The Bertz CT molecular complexity index is 1170. The minimum atomic E-state index is -1.18. The summed E-state index contributed by atoms with van der Waals surface area (Å²) in [6.45, 7) is 0. The van der Waals surface area contributed by atoms with Crippen molar-refractivity contribution in [3.63, 3.8) is 0 Å². The summed E-state index contributed by atoms with van der Waals surface area (Å²) in [5.74, 6) is -1.67. The highest BCUT2D eigenvalue weighted by atomic mass is 35.5. The number of halogens is 2. The lowest BCUT2D eigenvalue weighted by atomic mass is 10.0. The van der Waals surface area contributed by atoms with E-state index in [0.717, 1.165) is 26.7 Å². The van der Waals surface area contributed by atoms with E-state index in [1.165, 1.54) is 11.8 Å². The van der Waals surface area contributed by atoms with E-state index in [9.17, 15) is 19.5 Å². The summed E-state index contributed by atoms with van der Waals surface area (Å²) in [7, 11) is 0. The van der Waals surface area contributed by atoms with Gasteiger partial charge in [-0.15, -0.1) is 23.1 Å². The van der Waals surface area contributed by atoms with Gasteiger partial charge in [0, 0.05) is 20.7 Å². The summed E-state index contributed by atoms with van der Waals surface area (Å²) in [6, 6.07) is 12.3. The number of hydrogen-bond donors (Lipinski definition) is 1. The normalized spacial score (nSPS) is 13.5. The Kier molecular flexibility index (Phi) is 5.88. The average molecular weight is 478 g/mol. The molecule has 152 valence electrons. The van der Waals surface area contributed by atoms with E-state index in [1.807, 2.05) is 6.07 Å². The Balaban J connectivity index is 1.62. The number of thiophene rings is 1. The second-order valence-electron chi connectivity index (χ2n) is 6.47. The molecule has 0 spiro atoms. The van der Waals surface area contributed by atoms with Gasteiger partial charge >= 0.3 is 5.97 Å². The molecule has 0 unspecified atom stereocenters. The standard InChI is InChI=1S/C21H13Cl2NO4S2/c22-15-5-2-6-16(23)14(15)10-29-13-4-1-3-12(8-13)24-17(25)7-11-9-30-19(21(27)28)18(11)20(24)26/h1-6,8-9H,7,10H2,(H,27,28). The fraction of sp³-hybridized carbons (Fsp3) is 0.0952. The van der Waals surface area contributed by atoms with Gasteiger partial charge in [0.2, 0.25) is 5.91 Å². The number of hydrogen-bond acceptors (Lipinski definition) is 5. The number of nitrogens with zero attached hydrogens (tertiary/aromatic N) is 1. The van der Waals surface area contributed by atoms with Crippen LogP contribution in [-0.2, 0) is 17.0 Å². The van der Waals surface area contributed by atoms with Crippen LogP contribution in [0, 0.1) is 0 Å². The summed E-state index contributed by atoms with van der Waals surface area (Å²) in [4.78, 5) is 38.9. The van der Waals surface area contributed by atoms with Crippen LogP contribution in [0.25, 0.3) is 0 Å². The summed E-state index contributed by atoms with van der Waals surface area (Å²) in [5.41, 5.74) is 1.75. The highest BCUT2D eigenvalue weighted by molar-refractivity contribution is 7.98. The van der Waals surface area contributed by atoms with E-state index in [0.29, 0.717) is 27.0 Å². The molecule has 5 nitrogen and oxygen atoms in total. The van der Waals surface area contributed by atoms with Crippen LogP contribution in [0.1, 0.15) is 31.2 Å². The fourth-order valence-corrected chi connectivity index (χ4v) is 5.77. The molecule has 0 saturated heterocycles. The van der Waals surface area contributed by atoms with Gasteiger partial charge in [-0.2, -0.15) is 0 Å². The van der Waals surface area contributed by atoms with Crippen molar-refractivity contribution in [1.29, 1.82) is 0 Å².